The summed E-state index contributed by atoms with van der Waals surface area (Å²) in [6.45, 7) is 0.243. The van der Waals surface area contributed by atoms with Crippen LogP contribution in [0.5, 0.6) is 5.75 Å². The van der Waals surface area contributed by atoms with Gasteiger partial charge in [0, 0.05) is 6.07 Å². The van der Waals surface area contributed by atoms with Crippen LogP contribution in [0.15, 0.2) is 39.4 Å². The van der Waals surface area contributed by atoms with Crippen LogP contribution in [0.25, 0.3) is 0 Å². The Bertz CT molecular complexity index is 498. The van der Waals surface area contributed by atoms with E-state index in [4.69, 9.17) is 20.8 Å². The Morgan fingerprint density at radius 1 is 1.31 bits per heavy atom. The molecule has 0 bridgehead atoms. The van der Waals surface area contributed by atoms with Crippen molar-refractivity contribution in [2.75, 3.05) is 0 Å². The van der Waals surface area contributed by atoms with Gasteiger partial charge in [0.2, 0.25) is 0 Å². The van der Waals surface area contributed by atoms with Gasteiger partial charge < -0.3 is 9.15 Å². The van der Waals surface area contributed by atoms with Gasteiger partial charge in [-0.3, -0.25) is 0 Å². The molecule has 0 N–H and O–H groups in total. The highest BCUT2D eigenvalue weighted by Crippen LogP contribution is 2.22. The van der Waals surface area contributed by atoms with Gasteiger partial charge in [-0.1, -0.05) is 11.6 Å². The largest absolute Gasteiger partial charge is 0.486 e. The van der Waals surface area contributed by atoms with E-state index in [0.29, 0.717) is 16.2 Å². The Morgan fingerprint density at radius 3 is 2.75 bits per heavy atom. The predicted octanol–water partition coefficient (Wildman–Crippen LogP) is 4.41. The summed E-state index contributed by atoms with van der Waals surface area (Å²) in [5.41, 5.74) is 0. The molecular weight excluding hydrogens is 298 g/mol. The molecule has 0 aliphatic heterocycles. The van der Waals surface area contributed by atoms with Gasteiger partial charge >= 0.3 is 0 Å². The average molecular weight is 306 g/mol. The second-order valence-electron chi connectivity index (χ2n) is 3.07. The van der Waals surface area contributed by atoms with Crippen LogP contribution in [0.1, 0.15) is 5.76 Å². The maximum atomic E-state index is 13.1. The molecule has 0 aliphatic carbocycles. The van der Waals surface area contributed by atoms with Gasteiger partial charge in [-0.15, -0.1) is 0 Å². The predicted molar refractivity (Wildman–Crippen MR) is 62.2 cm³/mol. The van der Waals surface area contributed by atoms with Gasteiger partial charge in [0.25, 0.3) is 0 Å². The third kappa shape index (κ3) is 2.77. The van der Waals surface area contributed by atoms with Crippen molar-refractivity contribution in [1.82, 2.24) is 0 Å². The van der Waals surface area contributed by atoms with Gasteiger partial charge in [0.1, 0.15) is 23.9 Å². The van der Waals surface area contributed by atoms with Gasteiger partial charge in [-0.2, -0.15) is 0 Å². The van der Waals surface area contributed by atoms with E-state index in [-0.39, 0.29) is 11.6 Å². The molecule has 0 radical (unpaired) electrons. The number of hydrogen-bond donors (Lipinski definition) is 0. The van der Waals surface area contributed by atoms with Crippen LogP contribution in [0, 0.1) is 5.82 Å². The molecule has 0 aliphatic rings. The standard InChI is InChI=1S/C11H7BrClFO2/c12-11-4-2-8(16-11)6-15-7-1-3-9(13)10(14)5-7/h1-5H,6H2. The first-order valence-electron chi connectivity index (χ1n) is 4.47. The van der Waals surface area contributed by atoms with Crippen molar-refractivity contribution in [3.05, 3.63) is 51.6 Å². The van der Waals surface area contributed by atoms with Gasteiger partial charge in [-0.05, 0) is 40.2 Å². The van der Waals surface area contributed by atoms with Crippen molar-refractivity contribution in [2.45, 2.75) is 6.61 Å². The zero-order chi connectivity index (χ0) is 11.5. The Balaban J connectivity index is 2.02. The van der Waals surface area contributed by atoms with E-state index in [9.17, 15) is 4.39 Å². The molecule has 0 saturated carbocycles. The molecule has 2 aromatic rings. The Labute approximate surface area is 105 Å². The number of furan rings is 1. The van der Waals surface area contributed by atoms with Crippen molar-refractivity contribution in [2.24, 2.45) is 0 Å². The molecule has 5 heteroatoms. The van der Waals surface area contributed by atoms with Crippen LogP contribution >= 0.6 is 27.5 Å². The number of hydrogen-bond acceptors (Lipinski definition) is 2. The van der Waals surface area contributed by atoms with Crippen molar-refractivity contribution in [3.8, 4) is 5.75 Å². The molecule has 0 unspecified atom stereocenters. The molecule has 0 saturated heterocycles. The molecule has 0 fully saturated rings. The number of benzene rings is 1. The first kappa shape index (κ1) is 11.5. The van der Waals surface area contributed by atoms with E-state index in [2.05, 4.69) is 15.9 Å². The zero-order valence-electron chi connectivity index (χ0n) is 8.04. The van der Waals surface area contributed by atoms with E-state index in [1.807, 2.05) is 0 Å². The van der Waals surface area contributed by atoms with Crippen molar-refractivity contribution in [3.63, 3.8) is 0 Å². The normalized spacial score (nSPS) is 10.4. The first-order valence-corrected chi connectivity index (χ1v) is 5.64. The van der Waals surface area contributed by atoms with E-state index in [0.717, 1.165) is 0 Å². The maximum Gasteiger partial charge on any atom is 0.169 e. The minimum Gasteiger partial charge on any atom is -0.486 e. The summed E-state index contributed by atoms with van der Waals surface area (Å²) in [4.78, 5) is 0. The molecule has 1 aromatic carbocycles. The van der Waals surface area contributed by atoms with E-state index in [1.54, 1.807) is 18.2 Å². The third-order valence-electron chi connectivity index (χ3n) is 1.90. The van der Waals surface area contributed by atoms with Gasteiger partial charge in [0.05, 0.1) is 5.02 Å². The summed E-state index contributed by atoms with van der Waals surface area (Å²) >= 11 is 8.73. The lowest BCUT2D eigenvalue weighted by atomic mass is 10.3. The Kier molecular flexibility index (Phi) is 3.51. The number of ether oxygens (including phenoxy) is 1. The maximum absolute atomic E-state index is 13.1. The molecule has 2 rings (SSSR count). The van der Waals surface area contributed by atoms with Crippen molar-refractivity contribution in [1.29, 1.82) is 0 Å². The summed E-state index contributed by atoms with van der Waals surface area (Å²) in [5, 5.41) is 0.0769. The molecule has 16 heavy (non-hydrogen) atoms. The summed E-state index contributed by atoms with van der Waals surface area (Å²) < 4.78 is 24.3. The molecule has 1 aromatic heterocycles. The van der Waals surface area contributed by atoms with Crippen LogP contribution in [-0.4, -0.2) is 0 Å². The quantitative estimate of drug-likeness (QED) is 0.838. The first-order chi connectivity index (χ1) is 7.65. The Morgan fingerprint density at radius 2 is 2.12 bits per heavy atom. The van der Waals surface area contributed by atoms with Crippen LogP contribution in [0.3, 0.4) is 0 Å². The monoisotopic (exact) mass is 304 g/mol. The fourth-order valence-electron chi connectivity index (χ4n) is 1.15. The number of rotatable bonds is 3. The lowest BCUT2D eigenvalue weighted by Crippen LogP contribution is -1.94. The van der Waals surface area contributed by atoms with Crippen LogP contribution in [-0.2, 0) is 6.61 Å². The highest BCUT2D eigenvalue weighted by atomic mass is 79.9. The van der Waals surface area contributed by atoms with E-state index < -0.39 is 5.82 Å². The summed E-state index contributed by atoms with van der Waals surface area (Å²) in [5.74, 6) is 0.566. The fraction of sp³-hybridized carbons (Fsp3) is 0.0909. The van der Waals surface area contributed by atoms with Crippen molar-refractivity contribution < 1.29 is 13.5 Å². The second-order valence-corrected chi connectivity index (χ2v) is 4.26. The zero-order valence-corrected chi connectivity index (χ0v) is 10.4. The third-order valence-corrected chi connectivity index (χ3v) is 2.63. The second kappa shape index (κ2) is 4.89. The van der Waals surface area contributed by atoms with Crippen LogP contribution in [0.4, 0.5) is 4.39 Å². The lowest BCUT2D eigenvalue weighted by Gasteiger charge is -2.04. The van der Waals surface area contributed by atoms with Crippen LogP contribution < -0.4 is 4.74 Å². The molecular formula is C11H7BrClFO2. The van der Waals surface area contributed by atoms with Gasteiger partial charge in [0.15, 0.2) is 4.67 Å². The molecule has 2 nitrogen and oxygen atoms in total. The molecule has 1 heterocycles. The van der Waals surface area contributed by atoms with E-state index in [1.165, 1.54) is 12.1 Å². The van der Waals surface area contributed by atoms with Gasteiger partial charge in [-0.25, -0.2) is 4.39 Å². The highest BCUT2D eigenvalue weighted by molar-refractivity contribution is 9.10. The fourth-order valence-corrected chi connectivity index (χ4v) is 1.61. The molecule has 0 amide bonds. The minimum absolute atomic E-state index is 0.0769. The Hall–Kier alpha value is -1.00. The van der Waals surface area contributed by atoms with Crippen LogP contribution in [0.2, 0.25) is 5.02 Å². The average Bonchev–Trinajstić information content (AvgIpc) is 2.66. The smallest absolute Gasteiger partial charge is 0.169 e. The minimum atomic E-state index is -0.500. The SMILES string of the molecule is Fc1cc(OCc2ccc(Br)o2)ccc1Cl. The highest BCUT2D eigenvalue weighted by Gasteiger charge is 2.04. The molecule has 0 spiro atoms. The summed E-state index contributed by atoms with van der Waals surface area (Å²) in [6, 6.07) is 7.82. The van der Waals surface area contributed by atoms with Crippen molar-refractivity contribution >= 4 is 27.5 Å². The lowest BCUT2D eigenvalue weighted by molar-refractivity contribution is 0.266. The number of halogens is 3. The topological polar surface area (TPSA) is 22.4 Å². The summed E-state index contributed by atoms with van der Waals surface area (Å²) in [7, 11) is 0. The molecule has 84 valence electrons. The molecule has 0 atom stereocenters. The summed E-state index contributed by atoms with van der Waals surface area (Å²) in [6.07, 6.45) is 0. The van der Waals surface area contributed by atoms with E-state index >= 15 is 0 Å².